The number of hydrogen-bond acceptors (Lipinski definition) is 2. The van der Waals surface area contributed by atoms with Crippen LogP contribution in [-0.4, -0.2) is 9.55 Å². The number of alkyl halides is 1. The average molecular weight is 295 g/mol. The van der Waals surface area contributed by atoms with E-state index in [1.165, 1.54) is 0 Å². The van der Waals surface area contributed by atoms with E-state index in [0.717, 1.165) is 22.6 Å². The highest BCUT2D eigenvalue weighted by molar-refractivity contribution is 6.31. The zero-order valence-corrected chi connectivity index (χ0v) is 11.8. The second-order valence-electron chi connectivity index (χ2n) is 4.38. The van der Waals surface area contributed by atoms with Crippen molar-refractivity contribution in [3.63, 3.8) is 0 Å². The lowest BCUT2D eigenvalue weighted by Crippen LogP contribution is -2.05. The fourth-order valence-electron chi connectivity index (χ4n) is 2.15. The molecule has 1 aromatic carbocycles. The molecule has 1 atom stereocenters. The Morgan fingerprint density at radius 1 is 1.37 bits per heavy atom. The van der Waals surface area contributed by atoms with Crippen LogP contribution in [0.15, 0.2) is 41.0 Å². The van der Waals surface area contributed by atoms with Gasteiger partial charge >= 0.3 is 0 Å². The minimum atomic E-state index is -0.180. The molecule has 0 bridgehead atoms. The number of aromatic nitrogens is 2. The van der Waals surface area contributed by atoms with E-state index in [1.54, 1.807) is 6.26 Å². The van der Waals surface area contributed by atoms with Crippen molar-refractivity contribution in [1.29, 1.82) is 0 Å². The summed E-state index contributed by atoms with van der Waals surface area (Å²) in [6.07, 6.45) is 1.66. The maximum Gasteiger partial charge on any atom is 0.128 e. The van der Waals surface area contributed by atoms with Gasteiger partial charge in [-0.25, -0.2) is 4.98 Å². The smallest absolute Gasteiger partial charge is 0.128 e. The first-order valence-electron chi connectivity index (χ1n) is 5.97. The van der Waals surface area contributed by atoms with Crippen molar-refractivity contribution in [2.24, 2.45) is 0 Å². The van der Waals surface area contributed by atoms with E-state index in [4.69, 9.17) is 27.6 Å². The van der Waals surface area contributed by atoms with Crippen LogP contribution in [0.5, 0.6) is 0 Å². The number of imidazole rings is 1. The van der Waals surface area contributed by atoms with E-state index < -0.39 is 0 Å². The van der Waals surface area contributed by atoms with E-state index in [0.29, 0.717) is 11.6 Å². The molecular weight excluding hydrogens is 283 g/mol. The Morgan fingerprint density at radius 3 is 2.89 bits per heavy atom. The Kier molecular flexibility index (Phi) is 3.25. The van der Waals surface area contributed by atoms with E-state index in [1.807, 2.05) is 37.3 Å². The molecule has 0 fully saturated rings. The molecule has 5 heteroatoms. The minimum absolute atomic E-state index is 0.180. The van der Waals surface area contributed by atoms with Crippen LogP contribution >= 0.6 is 23.2 Å². The molecule has 0 saturated carbocycles. The number of furan rings is 1. The predicted molar refractivity (Wildman–Crippen MR) is 76.8 cm³/mol. The van der Waals surface area contributed by atoms with Crippen molar-refractivity contribution < 1.29 is 4.42 Å². The zero-order chi connectivity index (χ0) is 13.4. The summed E-state index contributed by atoms with van der Waals surface area (Å²) in [5.41, 5.74) is 1.85. The fourth-order valence-corrected chi connectivity index (χ4v) is 2.48. The van der Waals surface area contributed by atoms with Crippen LogP contribution < -0.4 is 0 Å². The normalized spacial score (nSPS) is 13.0. The first-order chi connectivity index (χ1) is 9.15. The molecule has 3 rings (SSSR count). The number of nitrogens with zero attached hydrogens (tertiary/aromatic N) is 2. The summed E-state index contributed by atoms with van der Waals surface area (Å²) in [6, 6.07) is 9.46. The van der Waals surface area contributed by atoms with Gasteiger partial charge in [0.15, 0.2) is 0 Å². The molecule has 3 nitrogen and oxygen atoms in total. The summed E-state index contributed by atoms with van der Waals surface area (Å²) in [5, 5.41) is 0.491. The molecule has 0 aliphatic heterocycles. The van der Waals surface area contributed by atoms with Crippen LogP contribution in [0.3, 0.4) is 0 Å². The number of fused-ring (bicyclic) bond motifs is 1. The van der Waals surface area contributed by atoms with Crippen molar-refractivity contribution in [1.82, 2.24) is 9.55 Å². The van der Waals surface area contributed by atoms with Gasteiger partial charge in [-0.3, -0.25) is 0 Å². The lowest BCUT2D eigenvalue weighted by Gasteiger charge is -2.08. The standard InChI is InChI=1S/C14H12Cl2N2O/c1-9(15)14-17-12-7-10(16)4-5-13(12)18(14)8-11-3-2-6-19-11/h2-7,9H,8H2,1H3. The van der Waals surface area contributed by atoms with Crippen LogP contribution in [0.2, 0.25) is 5.02 Å². The Balaban J connectivity index is 2.16. The Morgan fingerprint density at radius 2 is 2.21 bits per heavy atom. The molecule has 98 valence electrons. The molecule has 0 N–H and O–H groups in total. The van der Waals surface area contributed by atoms with Crippen LogP contribution in [-0.2, 0) is 6.54 Å². The molecule has 1 unspecified atom stereocenters. The molecule has 0 aliphatic rings. The van der Waals surface area contributed by atoms with Gasteiger partial charge in [-0.1, -0.05) is 11.6 Å². The molecule has 19 heavy (non-hydrogen) atoms. The third-order valence-electron chi connectivity index (χ3n) is 2.99. The van der Waals surface area contributed by atoms with E-state index >= 15 is 0 Å². The summed E-state index contributed by atoms with van der Waals surface area (Å²) in [5.74, 6) is 1.68. The van der Waals surface area contributed by atoms with Crippen LogP contribution in [0, 0.1) is 0 Å². The Hall–Kier alpha value is -1.45. The molecule has 0 saturated heterocycles. The quantitative estimate of drug-likeness (QED) is 0.659. The van der Waals surface area contributed by atoms with Gasteiger partial charge in [-0.2, -0.15) is 0 Å². The molecule has 0 amide bonds. The Bertz CT molecular complexity index is 702. The highest BCUT2D eigenvalue weighted by Gasteiger charge is 2.16. The topological polar surface area (TPSA) is 31.0 Å². The number of hydrogen-bond donors (Lipinski definition) is 0. The molecule has 0 spiro atoms. The fraction of sp³-hybridized carbons (Fsp3) is 0.214. The van der Waals surface area contributed by atoms with Gasteiger partial charge in [0.1, 0.15) is 11.6 Å². The van der Waals surface area contributed by atoms with Crippen LogP contribution in [0.1, 0.15) is 23.9 Å². The lowest BCUT2D eigenvalue weighted by atomic mass is 10.3. The summed E-state index contributed by atoms with van der Waals surface area (Å²) < 4.78 is 7.45. The summed E-state index contributed by atoms with van der Waals surface area (Å²) in [7, 11) is 0. The third-order valence-corrected chi connectivity index (χ3v) is 3.42. The van der Waals surface area contributed by atoms with Crippen LogP contribution in [0.25, 0.3) is 11.0 Å². The minimum Gasteiger partial charge on any atom is -0.467 e. The van der Waals surface area contributed by atoms with Gasteiger partial charge in [-0.15, -0.1) is 11.6 Å². The van der Waals surface area contributed by atoms with Gasteiger partial charge in [0.25, 0.3) is 0 Å². The molecule has 2 heterocycles. The Labute approximate surface area is 120 Å². The second-order valence-corrected chi connectivity index (χ2v) is 5.48. The van der Waals surface area contributed by atoms with Gasteiger partial charge in [0.05, 0.1) is 29.2 Å². The number of halogens is 2. The molecule has 3 aromatic rings. The van der Waals surface area contributed by atoms with Gasteiger partial charge in [0, 0.05) is 5.02 Å². The van der Waals surface area contributed by atoms with E-state index in [2.05, 4.69) is 9.55 Å². The van der Waals surface area contributed by atoms with E-state index in [-0.39, 0.29) is 5.38 Å². The van der Waals surface area contributed by atoms with Crippen molar-refractivity contribution in [2.75, 3.05) is 0 Å². The highest BCUT2D eigenvalue weighted by atomic mass is 35.5. The number of benzene rings is 1. The van der Waals surface area contributed by atoms with Crippen molar-refractivity contribution in [2.45, 2.75) is 18.8 Å². The molecular formula is C14H12Cl2N2O. The van der Waals surface area contributed by atoms with Gasteiger partial charge < -0.3 is 8.98 Å². The third kappa shape index (κ3) is 2.36. The largest absolute Gasteiger partial charge is 0.467 e. The number of rotatable bonds is 3. The zero-order valence-electron chi connectivity index (χ0n) is 10.3. The van der Waals surface area contributed by atoms with Gasteiger partial charge in [-0.05, 0) is 37.3 Å². The SMILES string of the molecule is CC(Cl)c1nc2cc(Cl)ccc2n1Cc1ccco1. The maximum absolute atomic E-state index is 6.21. The predicted octanol–water partition coefficient (Wildman–Crippen LogP) is 4.63. The second kappa shape index (κ2) is 4.91. The average Bonchev–Trinajstić information content (AvgIpc) is 2.97. The highest BCUT2D eigenvalue weighted by Crippen LogP contribution is 2.27. The monoisotopic (exact) mass is 294 g/mol. The molecule has 0 aliphatic carbocycles. The first kappa shape index (κ1) is 12.6. The maximum atomic E-state index is 6.21. The first-order valence-corrected chi connectivity index (χ1v) is 6.79. The van der Waals surface area contributed by atoms with Gasteiger partial charge in [0.2, 0.25) is 0 Å². The van der Waals surface area contributed by atoms with Crippen molar-refractivity contribution in [3.05, 3.63) is 53.2 Å². The van der Waals surface area contributed by atoms with E-state index in [9.17, 15) is 0 Å². The summed E-state index contributed by atoms with van der Waals surface area (Å²) >= 11 is 12.2. The lowest BCUT2D eigenvalue weighted by molar-refractivity contribution is 0.492. The van der Waals surface area contributed by atoms with Crippen molar-refractivity contribution in [3.8, 4) is 0 Å². The van der Waals surface area contributed by atoms with Crippen LogP contribution in [0.4, 0.5) is 0 Å². The molecule has 0 radical (unpaired) electrons. The molecule has 2 aromatic heterocycles. The summed E-state index contributed by atoms with van der Waals surface area (Å²) in [6.45, 7) is 2.51. The summed E-state index contributed by atoms with van der Waals surface area (Å²) in [4.78, 5) is 4.56. The van der Waals surface area contributed by atoms with Crippen molar-refractivity contribution >= 4 is 34.2 Å².